The predicted molar refractivity (Wildman–Crippen MR) is 128 cm³/mol. The average Bonchev–Trinajstić information content (AvgIpc) is 3.25. The molecule has 3 N–H and O–H groups in total. The molecule has 0 saturated carbocycles. The summed E-state index contributed by atoms with van der Waals surface area (Å²) in [6.45, 7) is 1.08. The maximum atomic E-state index is 13.2. The Labute approximate surface area is 197 Å². The quantitative estimate of drug-likeness (QED) is 0.479. The van der Waals surface area contributed by atoms with Crippen molar-refractivity contribution in [2.75, 3.05) is 33.5 Å². The molecule has 2 aliphatic rings. The number of nitrogens with two attached hydrogens (primary N) is 1. The maximum Gasteiger partial charge on any atom is 0.254 e. The summed E-state index contributed by atoms with van der Waals surface area (Å²) in [6.07, 6.45) is 0.523. The van der Waals surface area contributed by atoms with Crippen molar-refractivity contribution in [3.8, 4) is 28.0 Å². The number of methoxy groups -OCH3 is 1. The van der Waals surface area contributed by atoms with Crippen LogP contribution < -0.4 is 10.5 Å². The summed E-state index contributed by atoms with van der Waals surface area (Å²) in [5.74, 6) is 0.115. The van der Waals surface area contributed by atoms with E-state index in [1.807, 2.05) is 48.5 Å². The fraction of sp³-hybridized carbons (Fsp3) is 0.259. The highest BCUT2D eigenvalue weighted by Gasteiger charge is 2.30. The number of ether oxygens (including phenoxy) is 2. The first-order chi connectivity index (χ1) is 16.5. The van der Waals surface area contributed by atoms with Crippen LogP contribution in [0, 0.1) is 0 Å². The molecule has 1 fully saturated rings. The van der Waals surface area contributed by atoms with E-state index in [2.05, 4.69) is 6.07 Å². The van der Waals surface area contributed by atoms with Gasteiger partial charge in [0.2, 0.25) is 5.91 Å². The minimum absolute atomic E-state index is 0.131. The first kappa shape index (κ1) is 22.1. The molecule has 1 unspecified atom stereocenters. The van der Waals surface area contributed by atoms with E-state index in [1.165, 1.54) is 0 Å². The van der Waals surface area contributed by atoms with Gasteiger partial charge in [-0.1, -0.05) is 18.2 Å². The van der Waals surface area contributed by atoms with Crippen LogP contribution in [-0.4, -0.2) is 61.3 Å². The van der Waals surface area contributed by atoms with Gasteiger partial charge in [-0.05, 0) is 76.2 Å². The summed E-state index contributed by atoms with van der Waals surface area (Å²) in [5, 5.41) is 9.64. The Bertz CT molecular complexity index is 1290. The number of primary amides is 1. The molecule has 1 aliphatic heterocycles. The van der Waals surface area contributed by atoms with Crippen molar-refractivity contribution >= 4 is 11.8 Å². The van der Waals surface area contributed by atoms with Crippen molar-refractivity contribution in [3.05, 3.63) is 76.9 Å². The lowest BCUT2D eigenvalue weighted by Gasteiger charge is -2.34. The van der Waals surface area contributed by atoms with E-state index in [-0.39, 0.29) is 18.6 Å². The number of morpholine rings is 1. The van der Waals surface area contributed by atoms with Crippen LogP contribution in [0.25, 0.3) is 22.3 Å². The topological polar surface area (TPSA) is 102 Å². The second kappa shape index (κ2) is 8.93. The average molecular weight is 459 g/mol. The molecule has 1 atom stereocenters. The molecule has 5 rings (SSSR count). The standard InChI is InChI=1S/C27H26N2O5/c1-33-21-4-2-3-16(10-21)18-11-23-22-6-5-17(27(32)29-7-8-34-15-20(29)14-30)9-19(22)13-24(23)25(12-18)26(28)31/h2-6,9-12,20,30H,7-8,13-15H2,1H3,(H2,28,31). The highest BCUT2D eigenvalue weighted by Crippen LogP contribution is 2.42. The number of aliphatic hydroxyl groups is 1. The first-order valence-corrected chi connectivity index (χ1v) is 11.2. The van der Waals surface area contributed by atoms with Crippen LogP contribution in [0.2, 0.25) is 0 Å². The minimum atomic E-state index is -0.482. The number of rotatable bonds is 5. The molecular formula is C27H26N2O5. The number of hydrogen-bond acceptors (Lipinski definition) is 5. The van der Waals surface area contributed by atoms with Gasteiger partial charge in [-0.25, -0.2) is 0 Å². The van der Waals surface area contributed by atoms with Crippen LogP contribution in [-0.2, 0) is 11.2 Å². The fourth-order valence-corrected chi connectivity index (χ4v) is 4.86. The molecule has 0 bridgehead atoms. The summed E-state index contributed by atoms with van der Waals surface area (Å²) in [7, 11) is 1.62. The zero-order chi connectivity index (χ0) is 23.8. The zero-order valence-electron chi connectivity index (χ0n) is 18.9. The highest BCUT2D eigenvalue weighted by molar-refractivity contribution is 6.01. The van der Waals surface area contributed by atoms with E-state index in [1.54, 1.807) is 12.0 Å². The van der Waals surface area contributed by atoms with E-state index in [9.17, 15) is 14.7 Å². The molecule has 3 aromatic rings. The lowest BCUT2D eigenvalue weighted by molar-refractivity contribution is -0.0183. The van der Waals surface area contributed by atoms with Crippen LogP contribution in [0.1, 0.15) is 31.8 Å². The summed E-state index contributed by atoms with van der Waals surface area (Å²) in [4.78, 5) is 27.2. The van der Waals surface area contributed by atoms with Crippen molar-refractivity contribution < 1.29 is 24.2 Å². The van der Waals surface area contributed by atoms with E-state index in [4.69, 9.17) is 15.2 Å². The fourth-order valence-electron chi connectivity index (χ4n) is 4.86. The Hall–Kier alpha value is -3.68. The predicted octanol–water partition coefficient (Wildman–Crippen LogP) is 2.87. The molecule has 1 heterocycles. The molecule has 174 valence electrons. The van der Waals surface area contributed by atoms with E-state index in [0.29, 0.717) is 37.3 Å². The summed E-state index contributed by atoms with van der Waals surface area (Å²) < 4.78 is 10.8. The largest absolute Gasteiger partial charge is 0.497 e. The molecule has 7 nitrogen and oxygen atoms in total. The molecular weight excluding hydrogens is 432 g/mol. The highest BCUT2D eigenvalue weighted by atomic mass is 16.5. The van der Waals surface area contributed by atoms with Crippen molar-refractivity contribution in [1.29, 1.82) is 0 Å². The van der Waals surface area contributed by atoms with Gasteiger partial charge in [-0.2, -0.15) is 0 Å². The van der Waals surface area contributed by atoms with Crippen LogP contribution in [0.5, 0.6) is 5.75 Å². The second-order valence-corrected chi connectivity index (χ2v) is 8.60. The van der Waals surface area contributed by atoms with E-state index >= 15 is 0 Å². The van der Waals surface area contributed by atoms with Crippen molar-refractivity contribution in [2.45, 2.75) is 12.5 Å². The van der Waals surface area contributed by atoms with Gasteiger partial charge >= 0.3 is 0 Å². The van der Waals surface area contributed by atoms with Crippen molar-refractivity contribution in [3.63, 3.8) is 0 Å². The lowest BCUT2D eigenvalue weighted by Crippen LogP contribution is -2.50. The van der Waals surface area contributed by atoms with E-state index in [0.717, 1.165) is 39.1 Å². The van der Waals surface area contributed by atoms with Gasteiger partial charge in [0.1, 0.15) is 5.75 Å². The van der Waals surface area contributed by atoms with Gasteiger partial charge in [-0.3, -0.25) is 9.59 Å². The first-order valence-electron chi connectivity index (χ1n) is 11.2. The Kier molecular flexibility index (Phi) is 5.81. The van der Waals surface area contributed by atoms with Crippen molar-refractivity contribution in [2.24, 2.45) is 5.73 Å². The molecule has 34 heavy (non-hydrogen) atoms. The van der Waals surface area contributed by atoms with Gasteiger partial charge in [0.25, 0.3) is 5.91 Å². The number of carbonyl (C=O) groups is 2. The lowest BCUT2D eigenvalue weighted by atomic mass is 9.94. The number of fused-ring (bicyclic) bond motifs is 3. The number of nitrogens with zero attached hydrogens (tertiary/aromatic N) is 1. The van der Waals surface area contributed by atoms with Gasteiger partial charge in [0.05, 0.1) is 33.0 Å². The third-order valence-electron chi connectivity index (χ3n) is 6.63. The molecule has 7 heteroatoms. The molecule has 0 aromatic heterocycles. The maximum absolute atomic E-state index is 13.2. The van der Waals surface area contributed by atoms with Crippen molar-refractivity contribution in [1.82, 2.24) is 4.90 Å². The summed E-state index contributed by atoms with van der Waals surface area (Å²) in [5.41, 5.74) is 12.4. The summed E-state index contributed by atoms with van der Waals surface area (Å²) >= 11 is 0. The Morgan fingerprint density at radius 2 is 1.97 bits per heavy atom. The molecule has 2 amide bonds. The number of carbonyl (C=O) groups excluding carboxylic acids is 2. The van der Waals surface area contributed by atoms with Gasteiger partial charge in [0, 0.05) is 17.7 Å². The normalized spacial score (nSPS) is 16.6. The van der Waals surface area contributed by atoms with Gasteiger partial charge in [0.15, 0.2) is 0 Å². The third-order valence-corrected chi connectivity index (χ3v) is 6.63. The summed E-state index contributed by atoms with van der Waals surface area (Å²) in [6, 6.07) is 16.8. The Morgan fingerprint density at radius 3 is 2.74 bits per heavy atom. The molecule has 1 saturated heterocycles. The van der Waals surface area contributed by atoms with Crippen LogP contribution in [0.4, 0.5) is 0 Å². The number of hydrogen-bond donors (Lipinski definition) is 2. The van der Waals surface area contributed by atoms with Gasteiger partial charge in [-0.15, -0.1) is 0 Å². The third kappa shape index (κ3) is 3.83. The van der Waals surface area contributed by atoms with E-state index < -0.39 is 5.91 Å². The van der Waals surface area contributed by atoms with Gasteiger partial charge < -0.3 is 25.2 Å². The SMILES string of the molecule is COc1cccc(-c2cc(C(N)=O)c3c(c2)-c2ccc(C(=O)N4CCOCC4CO)cc2C3)c1. The Morgan fingerprint density at radius 1 is 1.12 bits per heavy atom. The molecule has 1 aliphatic carbocycles. The van der Waals surface area contributed by atoms with Crippen LogP contribution in [0.3, 0.4) is 0 Å². The monoisotopic (exact) mass is 458 g/mol. The zero-order valence-corrected chi connectivity index (χ0v) is 18.9. The Balaban J connectivity index is 1.54. The number of benzene rings is 3. The minimum Gasteiger partial charge on any atom is -0.497 e. The second-order valence-electron chi connectivity index (χ2n) is 8.60. The smallest absolute Gasteiger partial charge is 0.254 e. The number of aliphatic hydroxyl groups excluding tert-OH is 1. The van der Waals surface area contributed by atoms with Crippen LogP contribution >= 0.6 is 0 Å². The molecule has 0 radical (unpaired) electrons. The molecule has 0 spiro atoms. The van der Waals surface area contributed by atoms with Crippen LogP contribution in [0.15, 0.2) is 54.6 Å². The molecule has 3 aromatic carbocycles. The number of amides is 2.